The Hall–Kier alpha value is -4.20. The summed E-state index contributed by atoms with van der Waals surface area (Å²) in [6, 6.07) is 10.4. The van der Waals surface area contributed by atoms with Crippen LogP contribution in [0.25, 0.3) is 0 Å². The molecule has 5 N–H and O–H groups in total. The number of hydrogen-bond acceptors (Lipinski definition) is 6. The van der Waals surface area contributed by atoms with E-state index in [1.807, 2.05) is 6.92 Å². The summed E-state index contributed by atoms with van der Waals surface area (Å²) >= 11 is 0. The van der Waals surface area contributed by atoms with E-state index in [4.69, 9.17) is 20.4 Å². The lowest BCUT2D eigenvalue weighted by Crippen LogP contribution is -2.47. The maximum Gasteiger partial charge on any atom is 0.490 e. The fourth-order valence-corrected chi connectivity index (χ4v) is 4.51. The van der Waals surface area contributed by atoms with Gasteiger partial charge in [-0.25, -0.2) is 14.0 Å². The van der Waals surface area contributed by atoms with Crippen LogP contribution >= 0.6 is 0 Å². The number of carbonyl (C=O) groups excluding carboxylic acids is 2. The number of benzene rings is 2. The monoisotopic (exact) mass is 627 g/mol. The minimum atomic E-state index is -5.08. The number of nitrogens with zero attached hydrogens (tertiary/aromatic N) is 1. The van der Waals surface area contributed by atoms with E-state index in [1.165, 1.54) is 12.1 Å². The number of nitrogens with one attached hydrogen (secondary N) is 1. The highest BCUT2D eigenvalue weighted by Gasteiger charge is 2.38. The summed E-state index contributed by atoms with van der Waals surface area (Å²) in [6.45, 7) is 6.19. The van der Waals surface area contributed by atoms with Crippen molar-refractivity contribution >= 4 is 23.8 Å². The summed E-state index contributed by atoms with van der Waals surface area (Å²) in [5.41, 5.74) is 8.72. The average Bonchev–Trinajstić information content (AvgIpc) is 3.43. The maximum absolute atomic E-state index is 13.6. The van der Waals surface area contributed by atoms with Crippen LogP contribution in [0.4, 0.5) is 17.6 Å². The molecule has 44 heavy (non-hydrogen) atoms. The second kappa shape index (κ2) is 16.0. The third-order valence-electron chi connectivity index (χ3n) is 6.85. The molecule has 0 saturated carbocycles. The molecule has 0 bridgehead atoms. The van der Waals surface area contributed by atoms with Gasteiger partial charge in [0.25, 0.3) is 0 Å². The van der Waals surface area contributed by atoms with E-state index in [9.17, 15) is 37.1 Å². The number of rotatable bonds is 11. The predicted molar refractivity (Wildman–Crippen MR) is 151 cm³/mol. The standard InChI is InChI=1S/C28H36FN3O5.C2HF3O2/c1-17(2)26(28(35)36)37-23-10-7-19(8-11-23)16-31-27(34)24-5-4-12-32(24)25(33)15-22(30)14-20-13-21(29)9-6-18(20)3;3-2(4,5)1(6)7/h6-11,13,17,22,24,26H,4-5,12,14-16,30H2,1-3H3,(H,31,34)(H,35,36);(H,6,7)/t22?,24-,26+;/m0./s1. The highest BCUT2D eigenvalue weighted by molar-refractivity contribution is 5.88. The summed E-state index contributed by atoms with van der Waals surface area (Å²) in [4.78, 5) is 47.6. The van der Waals surface area contributed by atoms with Gasteiger partial charge in [0, 0.05) is 31.5 Å². The van der Waals surface area contributed by atoms with Gasteiger partial charge < -0.3 is 30.9 Å². The molecule has 2 amide bonds. The van der Waals surface area contributed by atoms with Crippen molar-refractivity contribution in [3.63, 3.8) is 0 Å². The van der Waals surface area contributed by atoms with Crippen molar-refractivity contribution in [3.8, 4) is 5.75 Å². The van der Waals surface area contributed by atoms with Crippen LogP contribution < -0.4 is 15.8 Å². The summed E-state index contributed by atoms with van der Waals surface area (Å²) in [7, 11) is 0. The topological polar surface area (TPSA) is 159 Å². The lowest BCUT2D eigenvalue weighted by molar-refractivity contribution is -0.192. The molecule has 1 heterocycles. The molecular formula is C30H37F4N3O7. The Morgan fingerprint density at radius 2 is 1.70 bits per heavy atom. The SMILES string of the molecule is Cc1ccc(F)cc1CC(N)CC(=O)N1CCC[C@H]1C(=O)NCc1ccc(O[C@@H](C(=O)O)C(C)C)cc1.O=C(O)C(F)(F)F. The quantitative estimate of drug-likeness (QED) is 0.274. The number of aliphatic carboxylic acids is 2. The zero-order chi connectivity index (χ0) is 33.2. The number of carboxylic acid groups (broad SMARTS) is 2. The Bertz CT molecular complexity index is 1300. The van der Waals surface area contributed by atoms with Crippen LogP contribution in [0.3, 0.4) is 0 Å². The van der Waals surface area contributed by atoms with Crippen LogP contribution in [0.2, 0.25) is 0 Å². The number of nitrogens with two attached hydrogens (primary N) is 1. The molecule has 3 rings (SSSR count). The minimum Gasteiger partial charge on any atom is -0.478 e. The van der Waals surface area contributed by atoms with E-state index in [-0.39, 0.29) is 36.5 Å². The van der Waals surface area contributed by atoms with Gasteiger partial charge >= 0.3 is 18.1 Å². The van der Waals surface area contributed by atoms with Gasteiger partial charge in [0.1, 0.15) is 17.6 Å². The molecular weight excluding hydrogens is 590 g/mol. The Kier molecular flexibility index (Phi) is 13.1. The molecule has 10 nitrogen and oxygen atoms in total. The molecule has 0 aromatic heterocycles. The number of ether oxygens (including phenoxy) is 1. The fourth-order valence-electron chi connectivity index (χ4n) is 4.51. The first kappa shape index (κ1) is 36.0. The van der Waals surface area contributed by atoms with E-state index < -0.39 is 36.3 Å². The van der Waals surface area contributed by atoms with Crippen LogP contribution in [-0.4, -0.2) is 69.8 Å². The smallest absolute Gasteiger partial charge is 0.478 e. The molecule has 1 aliphatic heterocycles. The van der Waals surface area contributed by atoms with Gasteiger partial charge in [0.2, 0.25) is 11.8 Å². The first-order chi connectivity index (χ1) is 20.5. The van der Waals surface area contributed by atoms with Crippen molar-refractivity contribution in [2.24, 2.45) is 11.7 Å². The van der Waals surface area contributed by atoms with Crippen LogP contribution in [0.1, 0.15) is 49.8 Å². The molecule has 2 aromatic carbocycles. The van der Waals surface area contributed by atoms with E-state index in [0.29, 0.717) is 25.1 Å². The third-order valence-corrected chi connectivity index (χ3v) is 6.85. The highest BCUT2D eigenvalue weighted by Crippen LogP contribution is 2.21. The molecule has 0 aliphatic carbocycles. The van der Waals surface area contributed by atoms with Crippen LogP contribution in [0.5, 0.6) is 5.75 Å². The van der Waals surface area contributed by atoms with Crippen molar-refractivity contribution in [1.82, 2.24) is 10.2 Å². The molecule has 14 heteroatoms. The summed E-state index contributed by atoms with van der Waals surface area (Å²) in [5, 5.41) is 19.3. The number of likely N-dealkylation sites (tertiary alicyclic amines) is 1. The molecule has 0 radical (unpaired) electrons. The Labute approximate surface area is 252 Å². The van der Waals surface area contributed by atoms with E-state index in [1.54, 1.807) is 49.1 Å². The zero-order valence-corrected chi connectivity index (χ0v) is 24.6. The maximum atomic E-state index is 13.6. The van der Waals surface area contributed by atoms with Gasteiger partial charge in [-0.05, 0) is 67.1 Å². The Morgan fingerprint density at radius 1 is 1.09 bits per heavy atom. The van der Waals surface area contributed by atoms with Gasteiger partial charge in [0.05, 0.1) is 0 Å². The van der Waals surface area contributed by atoms with Crippen molar-refractivity contribution in [1.29, 1.82) is 0 Å². The summed E-state index contributed by atoms with van der Waals surface area (Å²) < 4.78 is 50.9. The number of aryl methyl sites for hydroxylation is 1. The molecule has 2 aromatic rings. The molecule has 1 fully saturated rings. The number of hydrogen-bond donors (Lipinski definition) is 4. The number of alkyl halides is 3. The first-order valence-corrected chi connectivity index (χ1v) is 13.9. The van der Waals surface area contributed by atoms with Gasteiger partial charge in [0.15, 0.2) is 6.10 Å². The van der Waals surface area contributed by atoms with Crippen LogP contribution in [-0.2, 0) is 32.1 Å². The number of halogens is 4. The normalized spacial score (nSPS) is 16.0. The zero-order valence-electron chi connectivity index (χ0n) is 24.6. The van der Waals surface area contributed by atoms with Crippen LogP contribution in [0, 0.1) is 18.7 Å². The predicted octanol–water partition coefficient (Wildman–Crippen LogP) is 3.82. The molecule has 1 unspecified atom stereocenters. The van der Waals surface area contributed by atoms with Crippen LogP contribution in [0.15, 0.2) is 42.5 Å². The number of carbonyl (C=O) groups is 4. The second-order valence-electron chi connectivity index (χ2n) is 10.8. The summed E-state index contributed by atoms with van der Waals surface area (Å²) in [5.74, 6) is -4.27. The van der Waals surface area contributed by atoms with Crippen molar-refractivity contribution < 1.29 is 51.7 Å². The largest absolute Gasteiger partial charge is 0.490 e. The molecule has 242 valence electrons. The van der Waals surface area contributed by atoms with Crippen molar-refractivity contribution in [2.75, 3.05) is 6.54 Å². The highest BCUT2D eigenvalue weighted by atomic mass is 19.4. The van der Waals surface area contributed by atoms with Gasteiger partial charge in [-0.1, -0.05) is 32.0 Å². The average molecular weight is 628 g/mol. The molecule has 3 atom stereocenters. The molecule has 0 spiro atoms. The van der Waals surface area contributed by atoms with E-state index in [2.05, 4.69) is 5.32 Å². The Morgan fingerprint density at radius 3 is 2.25 bits per heavy atom. The van der Waals surface area contributed by atoms with Gasteiger partial charge in [-0.2, -0.15) is 13.2 Å². The van der Waals surface area contributed by atoms with Gasteiger partial charge in [-0.3, -0.25) is 9.59 Å². The number of carboxylic acids is 2. The second-order valence-corrected chi connectivity index (χ2v) is 10.8. The third kappa shape index (κ3) is 11.1. The number of amides is 2. The van der Waals surface area contributed by atoms with Gasteiger partial charge in [-0.15, -0.1) is 0 Å². The lowest BCUT2D eigenvalue weighted by atomic mass is 9.99. The minimum absolute atomic E-state index is 0.0783. The van der Waals surface area contributed by atoms with E-state index in [0.717, 1.165) is 23.1 Å². The lowest BCUT2D eigenvalue weighted by Gasteiger charge is -2.25. The molecule has 1 saturated heterocycles. The van der Waals surface area contributed by atoms with E-state index >= 15 is 0 Å². The first-order valence-electron chi connectivity index (χ1n) is 13.9. The van der Waals surface area contributed by atoms with Crippen molar-refractivity contribution in [2.45, 2.75) is 77.4 Å². The molecule has 1 aliphatic rings. The summed E-state index contributed by atoms with van der Waals surface area (Å²) in [6.07, 6.45) is -4.26. The fraction of sp³-hybridized carbons (Fsp3) is 0.467. The Balaban J connectivity index is 0.000000860. The van der Waals surface area contributed by atoms with Crippen molar-refractivity contribution in [3.05, 3.63) is 65.0 Å².